The summed E-state index contributed by atoms with van der Waals surface area (Å²) in [7, 11) is 5.36. The molecule has 0 fully saturated rings. The summed E-state index contributed by atoms with van der Waals surface area (Å²) in [5.74, 6) is 0.165. The number of halogens is 1. The Morgan fingerprint density at radius 2 is 1.74 bits per heavy atom. The van der Waals surface area contributed by atoms with E-state index in [1.165, 1.54) is 12.1 Å². The van der Waals surface area contributed by atoms with E-state index in [1.54, 1.807) is 24.1 Å². The Hall–Kier alpha value is -2.99. The van der Waals surface area contributed by atoms with Crippen LogP contribution in [0.15, 0.2) is 65.2 Å². The second kappa shape index (κ2) is 8.14. The third kappa shape index (κ3) is 4.41. The number of nitrogens with zero attached hydrogens (tertiary/aromatic N) is 3. The zero-order chi connectivity index (χ0) is 19.4. The normalized spacial score (nSPS) is 12.2. The highest BCUT2D eigenvalue weighted by Gasteiger charge is 2.26. The van der Waals surface area contributed by atoms with Crippen molar-refractivity contribution in [3.63, 3.8) is 0 Å². The smallest absolute Gasteiger partial charge is 0.244 e. The Labute approximate surface area is 158 Å². The molecular weight excluding hydrogens is 345 g/mol. The van der Waals surface area contributed by atoms with Crippen LogP contribution in [-0.4, -0.2) is 42.0 Å². The maximum absolute atomic E-state index is 13.2. The fourth-order valence-electron chi connectivity index (χ4n) is 2.96. The number of hydrogen-bond acceptors (Lipinski definition) is 4. The molecule has 1 unspecified atom stereocenters. The number of hydrogen-bond donors (Lipinski definition) is 0. The standard InChI is InChI=1S/C21H22FN3O2/c1-24(2)20(16-9-11-17(22)12-10-16)21(26)25(3)14-18-13-19(23-27-18)15-7-5-4-6-8-15/h4-13,20H,14H2,1-3H3. The van der Waals surface area contributed by atoms with E-state index in [9.17, 15) is 9.18 Å². The number of carbonyl (C=O) groups is 1. The molecule has 0 saturated heterocycles. The van der Waals surface area contributed by atoms with Crippen LogP contribution in [0.4, 0.5) is 4.39 Å². The molecule has 1 atom stereocenters. The second-order valence-corrected chi connectivity index (χ2v) is 6.66. The Kier molecular flexibility index (Phi) is 5.66. The molecular formula is C21H22FN3O2. The van der Waals surface area contributed by atoms with E-state index < -0.39 is 6.04 Å². The SMILES string of the molecule is CN(Cc1cc(-c2ccccc2)no1)C(=O)C(c1ccc(F)cc1)N(C)C. The van der Waals surface area contributed by atoms with Crippen molar-refractivity contribution < 1.29 is 13.7 Å². The van der Waals surface area contributed by atoms with Gasteiger partial charge in [-0.05, 0) is 31.8 Å². The minimum absolute atomic E-state index is 0.107. The monoisotopic (exact) mass is 367 g/mol. The fraction of sp³-hybridized carbons (Fsp3) is 0.238. The first-order chi connectivity index (χ1) is 13.0. The first-order valence-corrected chi connectivity index (χ1v) is 8.63. The molecule has 1 amide bonds. The highest BCUT2D eigenvalue weighted by atomic mass is 19.1. The molecule has 0 bridgehead atoms. The summed E-state index contributed by atoms with van der Waals surface area (Å²) in [6.45, 7) is 0.296. The quantitative estimate of drug-likeness (QED) is 0.666. The summed E-state index contributed by atoms with van der Waals surface area (Å²) in [6.07, 6.45) is 0. The average Bonchev–Trinajstić information content (AvgIpc) is 3.12. The number of rotatable bonds is 6. The summed E-state index contributed by atoms with van der Waals surface area (Å²) >= 11 is 0. The molecule has 0 aliphatic rings. The van der Waals surface area contributed by atoms with Gasteiger partial charge in [-0.15, -0.1) is 0 Å². The van der Waals surface area contributed by atoms with Gasteiger partial charge in [0.15, 0.2) is 5.76 Å². The van der Waals surface area contributed by atoms with Gasteiger partial charge in [0.25, 0.3) is 0 Å². The maximum atomic E-state index is 13.2. The van der Waals surface area contributed by atoms with Crippen molar-refractivity contribution in [2.45, 2.75) is 12.6 Å². The van der Waals surface area contributed by atoms with Crippen LogP contribution in [0.3, 0.4) is 0 Å². The number of carbonyl (C=O) groups excluding carboxylic acids is 1. The van der Waals surface area contributed by atoms with Crippen LogP contribution in [0.5, 0.6) is 0 Å². The Balaban J connectivity index is 1.74. The molecule has 0 N–H and O–H groups in total. The summed E-state index contributed by atoms with van der Waals surface area (Å²) in [5.41, 5.74) is 2.42. The third-order valence-electron chi connectivity index (χ3n) is 4.33. The van der Waals surface area contributed by atoms with Crippen LogP contribution in [-0.2, 0) is 11.3 Å². The van der Waals surface area contributed by atoms with E-state index in [4.69, 9.17) is 4.52 Å². The average molecular weight is 367 g/mol. The minimum Gasteiger partial charge on any atom is -0.359 e. The van der Waals surface area contributed by atoms with Crippen molar-refractivity contribution in [1.82, 2.24) is 15.0 Å². The van der Waals surface area contributed by atoms with Crippen molar-refractivity contribution in [2.24, 2.45) is 0 Å². The predicted octanol–water partition coefficient (Wildman–Crippen LogP) is 3.74. The van der Waals surface area contributed by atoms with Crippen molar-refractivity contribution in [3.8, 4) is 11.3 Å². The maximum Gasteiger partial charge on any atom is 0.244 e. The van der Waals surface area contributed by atoms with Crippen LogP contribution in [0.1, 0.15) is 17.4 Å². The fourth-order valence-corrected chi connectivity index (χ4v) is 2.96. The van der Waals surface area contributed by atoms with Crippen LogP contribution >= 0.6 is 0 Å². The number of aromatic nitrogens is 1. The lowest BCUT2D eigenvalue weighted by Gasteiger charge is -2.28. The summed E-state index contributed by atoms with van der Waals surface area (Å²) in [6, 6.07) is 17.0. The van der Waals surface area contributed by atoms with Crippen LogP contribution < -0.4 is 0 Å². The van der Waals surface area contributed by atoms with Gasteiger partial charge < -0.3 is 9.42 Å². The van der Waals surface area contributed by atoms with Crippen LogP contribution in [0, 0.1) is 5.82 Å². The Morgan fingerprint density at radius 1 is 1.07 bits per heavy atom. The van der Waals surface area contributed by atoms with Gasteiger partial charge >= 0.3 is 0 Å². The van der Waals surface area contributed by atoms with Gasteiger partial charge in [0.05, 0.1) is 6.54 Å². The zero-order valence-electron chi connectivity index (χ0n) is 15.6. The predicted molar refractivity (Wildman–Crippen MR) is 101 cm³/mol. The highest BCUT2D eigenvalue weighted by molar-refractivity contribution is 5.83. The van der Waals surface area contributed by atoms with Crippen molar-refractivity contribution >= 4 is 5.91 Å². The summed E-state index contributed by atoms with van der Waals surface area (Å²) in [5, 5.41) is 4.08. The van der Waals surface area contributed by atoms with Gasteiger partial charge in [-0.3, -0.25) is 9.69 Å². The second-order valence-electron chi connectivity index (χ2n) is 6.66. The molecule has 1 heterocycles. The van der Waals surface area contributed by atoms with Gasteiger partial charge in [-0.25, -0.2) is 4.39 Å². The van der Waals surface area contributed by atoms with E-state index in [-0.39, 0.29) is 11.7 Å². The van der Waals surface area contributed by atoms with Gasteiger partial charge in [0, 0.05) is 18.7 Å². The van der Waals surface area contributed by atoms with Crippen molar-refractivity contribution in [2.75, 3.05) is 21.1 Å². The van der Waals surface area contributed by atoms with E-state index in [0.717, 1.165) is 16.8 Å². The van der Waals surface area contributed by atoms with Gasteiger partial charge in [0.2, 0.25) is 5.91 Å². The molecule has 5 nitrogen and oxygen atoms in total. The van der Waals surface area contributed by atoms with E-state index >= 15 is 0 Å². The molecule has 2 aromatic carbocycles. The Morgan fingerprint density at radius 3 is 2.37 bits per heavy atom. The lowest BCUT2D eigenvalue weighted by Crippen LogP contribution is -2.38. The first kappa shape index (κ1) is 18.8. The summed E-state index contributed by atoms with van der Waals surface area (Å²) < 4.78 is 18.6. The van der Waals surface area contributed by atoms with Crippen molar-refractivity contribution in [3.05, 3.63) is 77.8 Å². The minimum atomic E-state index is -0.507. The molecule has 140 valence electrons. The summed E-state index contributed by atoms with van der Waals surface area (Å²) in [4.78, 5) is 16.4. The molecule has 6 heteroatoms. The molecule has 27 heavy (non-hydrogen) atoms. The van der Waals surface area contributed by atoms with Gasteiger partial charge in [-0.2, -0.15) is 0 Å². The molecule has 0 aliphatic heterocycles. The number of likely N-dealkylation sites (N-methyl/N-ethyl adjacent to an activating group) is 2. The lowest BCUT2D eigenvalue weighted by molar-refractivity contribution is -0.135. The number of amides is 1. The van der Waals surface area contributed by atoms with Gasteiger partial charge in [0.1, 0.15) is 17.6 Å². The highest BCUT2D eigenvalue weighted by Crippen LogP contribution is 2.23. The molecule has 0 aliphatic carbocycles. The van der Waals surface area contributed by atoms with E-state index in [1.807, 2.05) is 55.4 Å². The lowest BCUT2D eigenvalue weighted by atomic mass is 10.0. The molecule has 0 spiro atoms. The molecule has 0 radical (unpaired) electrons. The third-order valence-corrected chi connectivity index (χ3v) is 4.33. The molecule has 3 rings (SSSR count). The molecule has 1 aromatic heterocycles. The zero-order valence-corrected chi connectivity index (χ0v) is 15.6. The van der Waals surface area contributed by atoms with Gasteiger partial charge in [-0.1, -0.05) is 47.6 Å². The van der Waals surface area contributed by atoms with Crippen LogP contribution in [0.2, 0.25) is 0 Å². The van der Waals surface area contributed by atoms with Crippen LogP contribution in [0.25, 0.3) is 11.3 Å². The van der Waals surface area contributed by atoms with Crippen molar-refractivity contribution in [1.29, 1.82) is 0 Å². The molecule has 0 saturated carbocycles. The van der Waals surface area contributed by atoms with E-state index in [0.29, 0.717) is 12.3 Å². The Bertz CT molecular complexity index is 891. The number of benzene rings is 2. The van der Waals surface area contributed by atoms with E-state index in [2.05, 4.69) is 5.16 Å². The largest absolute Gasteiger partial charge is 0.359 e. The first-order valence-electron chi connectivity index (χ1n) is 8.63. The topological polar surface area (TPSA) is 49.6 Å². The molecule has 3 aromatic rings.